The average Bonchev–Trinajstić information content (AvgIpc) is 2.86. The smallest absolute Gasteiger partial charge is 0.240 e. The fraction of sp³-hybridized carbons (Fsp3) is 0.471. The predicted octanol–water partition coefficient (Wildman–Crippen LogP) is 3.33. The van der Waals surface area contributed by atoms with E-state index in [0.29, 0.717) is 0 Å². The minimum absolute atomic E-state index is 0.0737. The summed E-state index contributed by atoms with van der Waals surface area (Å²) >= 11 is 0. The maximum absolute atomic E-state index is 12.5. The van der Waals surface area contributed by atoms with Gasteiger partial charge in [-0.2, -0.15) is 0 Å². The van der Waals surface area contributed by atoms with Crippen LogP contribution in [0, 0.1) is 5.41 Å². The third-order valence-electron chi connectivity index (χ3n) is 3.98. The molecule has 1 heterocycles. The Kier molecular flexibility index (Phi) is 4.10. The Bertz CT molecular complexity index is 607. The highest BCUT2D eigenvalue weighted by molar-refractivity contribution is 5.83. The Labute approximate surface area is 125 Å². The molecule has 0 saturated carbocycles. The van der Waals surface area contributed by atoms with Crippen LogP contribution in [0.2, 0.25) is 0 Å². The molecule has 4 nitrogen and oxygen atoms in total. The fourth-order valence-corrected chi connectivity index (χ4v) is 2.18. The highest BCUT2D eigenvalue weighted by atomic mass is 16.3. The molecule has 0 saturated heterocycles. The zero-order valence-electron chi connectivity index (χ0n) is 13.4. The lowest BCUT2D eigenvalue weighted by atomic mass is 9.86. The van der Waals surface area contributed by atoms with Crippen LogP contribution in [0.5, 0.6) is 0 Å². The van der Waals surface area contributed by atoms with Crippen LogP contribution in [0.15, 0.2) is 34.7 Å². The van der Waals surface area contributed by atoms with Gasteiger partial charge in [0.2, 0.25) is 5.91 Å². The van der Waals surface area contributed by atoms with E-state index >= 15 is 0 Å². The molecule has 1 aromatic heterocycles. The monoisotopic (exact) mass is 288 g/mol. The number of amides is 1. The summed E-state index contributed by atoms with van der Waals surface area (Å²) in [5.41, 5.74) is 6.63. The number of carbonyl (C=O) groups excluding carboxylic acids is 1. The van der Waals surface area contributed by atoms with Crippen LogP contribution in [0.3, 0.4) is 0 Å². The summed E-state index contributed by atoms with van der Waals surface area (Å²) in [7, 11) is 1.77. The van der Waals surface area contributed by atoms with Gasteiger partial charge in [-0.1, -0.05) is 39.0 Å². The lowest BCUT2D eigenvalue weighted by Crippen LogP contribution is -2.49. The molecule has 0 aliphatic carbocycles. The number of para-hydroxylation sites is 1. The van der Waals surface area contributed by atoms with E-state index in [2.05, 4.69) is 0 Å². The molecule has 0 aliphatic heterocycles. The minimum Gasteiger partial charge on any atom is -0.459 e. The summed E-state index contributed by atoms with van der Waals surface area (Å²) in [5.74, 6) is 0.698. The Hall–Kier alpha value is -1.81. The average molecular weight is 288 g/mol. The van der Waals surface area contributed by atoms with Gasteiger partial charge in [0.25, 0.3) is 0 Å². The van der Waals surface area contributed by atoms with Gasteiger partial charge in [-0.25, -0.2) is 0 Å². The Morgan fingerprint density at radius 2 is 1.90 bits per heavy atom. The molecule has 2 rings (SSSR count). The van der Waals surface area contributed by atoms with E-state index in [1.807, 2.05) is 58.0 Å². The number of nitrogens with zero attached hydrogens (tertiary/aromatic N) is 1. The van der Waals surface area contributed by atoms with Crippen molar-refractivity contribution in [3.05, 3.63) is 36.1 Å². The van der Waals surface area contributed by atoms with Gasteiger partial charge < -0.3 is 15.1 Å². The van der Waals surface area contributed by atoms with Gasteiger partial charge in [-0.05, 0) is 24.5 Å². The summed E-state index contributed by atoms with van der Waals surface area (Å²) in [6.07, 6.45) is 0. The first-order valence-corrected chi connectivity index (χ1v) is 7.22. The third kappa shape index (κ3) is 3.10. The van der Waals surface area contributed by atoms with Crippen molar-refractivity contribution >= 4 is 16.9 Å². The molecule has 2 N–H and O–H groups in total. The maximum atomic E-state index is 12.5. The molecular formula is C17H24N2O2. The van der Waals surface area contributed by atoms with Crippen molar-refractivity contribution in [1.29, 1.82) is 0 Å². The van der Waals surface area contributed by atoms with E-state index < -0.39 is 6.04 Å². The van der Waals surface area contributed by atoms with E-state index in [1.165, 1.54) is 0 Å². The highest BCUT2D eigenvalue weighted by Gasteiger charge is 2.32. The number of hydrogen-bond acceptors (Lipinski definition) is 3. The molecule has 21 heavy (non-hydrogen) atoms. The largest absolute Gasteiger partial charge is 0.459 e. The van der Waals surface area contributed by atoms with Gasteiger partial charge in [0, 0.05) is 12.4 Å². The van der Waals surface area contributed by atoms with Crippen molar-refractivity contribution in [3.63, 3.8) is 0 Å². The van der Waals surface area contributed by atoms with Gasteiger partial charge in [0.15, 0.2) is 0 Å². The number of likely N-dealkylation sites (N-methyl/N-ethyl adjacent to an activating group) is 1. The molecule has 0 fully saturated rings. The van der Waals surface area contributed by atoms with Crippen LogP contribution in [-0.4, -0.2) is 23.9 Å². The Morgan fingerprint density at radius 3 is 2.48 bits per heavy atom. The van der Waals surface area contributed by atoms with Crippen LogP contribution in [0.25, 0.3) is 11.0 Å². The molecule has 0 spiro atoms. The van der Waals surface area contributed by atoms with E-state index in [0.717, 1.165) is 16.7 Å². The second kappa shape index (κ2) is 5.53. The van der Waals surface area contributed by atoms with Crippen molar-refractivity contribution in [2.45, 2.75) is 39.8 Å². The summed E-state index contributed by atoms with van der Waals surface area (Å²) in [6.45, 7) is 7.85. The Balaban J connectivity index is 2.22. The van der Waals surface area contributed by atoms with Crippen LogP contribution in [0.4, 0.5) is 0 Å². The lowest BCUT2D eigenvalue weighted by Gasteiger charge is -2.32. The first-order chi connectivity index (χ1) is 9.71. The number of furan rings is 1. The molecule has 0 radical (unpaired) electrons. The third-order valence-corrected chi connectivity index (χ3v) is 3.98. The zero-order valence-corrected chi connectivity index (χ0v) is 13.4. The van der Waals surface area contributed by atoms with E-state index in [1.54, 1.807) is 11.9 Å². The van der Waals surface area contributed by atoms with Crippen molar-refractivity contribution in [3.8, 4) is 0 Å². The van der Waals surface area contributed by atoms with Crippen LogP contribution in [-0.2, 0) is 4.79 Å². The molecule has 0 bridgehead atoms. The molecule has 1 aromatic carbocycles. The molecule has 114 valence electrons. The summed E-state index contributed by atoms with van der Waals surface area (Å²) in [4.78, 5) is 14.1. The number of fused-ring (bicyclic) bond motifs is 1. The first-order valence-electron chi connectivity index (χ1n) is 7.22. The second-order valence-corrected chi connectivity index (χ2v) is 6.66. The molecule has 4 heteroatoms. The number of nitrogens with two attached hydrogens (primary N) is 1. The van der Waals surface area contributed by atoms with Gasteiger partial charge in [0.1, 0.15) is 11.3 Å². The summed E-state index contributed by atoms with van der Waals surface area (Å²) in [5, 5.41) is 1.04. The zero-order chi connectivity index (χ0) is 15.8. The number of benzene rings is 1. The quantitative estimate of drug-likeness (QED) is 0.942. The molecule has 2 atom stereocenters. The molecular weight excluding hydrogens is 264 g/mol. The van der Waals surface area contributed by atoms with Crippen molar-refractivity contribution in [2.24, 2.45) is 11.1 Å². The Morgan fingerprint density at radius 1 is 1.29 bits per heavy atom. The van der Waals surface area contributed by atoms with Gasteiger partial charge in [-0.15, -0.1) is 0 Å². The topological polar surface area (TPSA) is 59.5 Å². The van der Waals surface area contributed by atoms with Gasteiger partial charge in [-0.3, -0.25) is 4.79 Å². The predicted molar refractivity (Wildman–Crippen MR) is 84.8 cm³/mol. The maximum Gasteiger partial charge on any atom is 0.240 e. The number of hydrogen-bond donors (Lipinski definition) is 1. The second-order valence-electron chi connectivity index (χ2n) is 6.66. The van der Waals surface area contributed by atoms with Gasteiger partial charge in [0.05, 0.1) is 12.1 Å². The van der Waals surface area contributed by atoms with E-state index in [-0.39, 0.29) is 17.4 Å². The number of rotatable bonds is 3. The normalized spacial score (nSPS) is 15.0. The van der Waals surface area contributed by atoms with Crippen molar-refractivity contribution < 1.29 is 9.21 Å². The molecule has 0 aliphatic rings. The van der Waals surface area contributed by atoms with Crippen LogP contribution >= 0.6 is 0 Å². The standard InChI is InChI=1S/C17H24N2O2/c1-11(19(5)16(20)15(18)17(2,3)4)14-10-12-8-6-7-9-13(12)21-14/h6-11,15H,18H2,1-5H3/t11?,15-/m1/s1. The highest BCUT2D eigenvalue weighted by Crippen LogP contribution is 2.28. The lowest BCUT2D eigenvalue weighted by molar-refractivity contribution is -0.135. The fourth-order valence-electron chi connectivity index (χ4n) is 2.18. The van der Waals surface area contributed by atoms with Crippen LogP contribution in [0.1, 0.15) is 39.5 Å². The summed E-state index contributed by atoms with van der Waals surface area (Å²) < 4.78 is 5.83. The van der Waals surface area contributed by atoms with Crippen molar-refractivity contribution in [2.75, 3.05) is 7.05 Å². The molecule has 1 unspecified atom stereocenters. The van der Waals surface area contributed by atoms with Crippen LogP contribution < -0.4 is 5.73 Å². The number of carbonyl (C=O) groups is 1. The SMILES string of the molecule is CC(c1cc2ccccc2o1)N(C)C(=O)[C@@H](N)C(C)(C)C. The van der Waals surface area contributed by atoms with E-state index in [9.17, 15) is 4.79 Å². The first kappa shape index (κ1) is 15.6. The molecule has 2 aromatic rings. The minimum atomic E-state index is -0.533. The van der Waals surface area contributed by atoms with Gasteiger partial charge >= 0.3 is 0 Å². The molecule has 1 amide bonds. The van der Waals surface area contributed by atoms with E-state index in [4.69, 9.17) is 10.2 Å². The summed E-state index contributed by atoms with van der Waals surface area (Å²) in [6, 6.07) is 9.12. The van der Waals surface area contributed by atoms with Crippen molar-refractivity contribution in [1.82, 2.24) is 4.90 Å².